The molecule has 0 bridgehead atoms. The molecule has 1 aliphatic heterocycles. The van der Waals surface area contributed by atoms with Crippen LogP contribution in [-0.4, -0.2) is 40.9 Å². The second-order valence-electron chi connectivity index (χ2n) is 5.65. The van der Waals surface area contributed by atoms with E-state index < -0.39 is 21.5 Å². The van der Waals surface area contributed by atoms with Gasteiger partial charge in [0.25, 0.3) is 0 Å². The van der Waals surface area contributed by atoms with Crippen molar-refractivity contribution in [2.45, 2.75) is 30.7 Å². The van der Waals surface area contributed by atoms with Crippen LogP contribution >= 0.6 is 0 Å². The van der Waals surface area contributed by atoms with E-state index >= 15 is 0 Å². The maximum Gasteiger partial charge on any atom is 0.324 e. The Morgan fingerprint density at radius 2 is 2.05 bits per heavy atom. The lowest BCUT2D eigenvalue weighted by molar-refractivity contribution is -0.153. The molecule has 6 nitrogen and oxygen atoms in total. The average molecular weight is 320 g/mol. The van der Waals surface area contributed by atoms with Crippen molar-refractivity contribution in [3.05, 3.63) is 36.2 Å². The van der Waals surface area contributed by atoms with Gasteiger partial charge in [-0.05, 0) is 32.4 Å². The number of benzene rings is 1. The quantitative estimate of drug-likeness (QED) is 0.931. The van der Waals surface area contributed by atoms with Crippen LogP contribution in [0.4, 0.5) is 0 Å². The van der Waals surface area contributed by atoms with Crippen LogP contribution in [0.15, 0.2) is 35.4 Å². The van der Waals surface area contributed by atoms with E-state index in [9.17, 15) is 18.3 Å². The Bertz CT molecular complexity index is 878. The van der Waals surface area contributed by atoms with E-state index in [1.165, 1.54) is 13.0 Å². The topological polar surface area (TPSA) is 87.6 Å². The van der Waals surface area contributed by atoms with Crippen molar-refractivity contribution in [3.63, 3.8) is 0 Å². The summed E-state index contributed by atoms with van der Waals surface area (Å²) in [6.07, 6.45) is 1.87. The van der Waals surface area contributed by atoms with Gasteiger partial charge in [0.2, 0.25) is 10.0 Å². The Kier molecular flexibility index (Phi) is 3.23. The number of nitrogens with zero attached hydrogens (tertiary/aromatic N) is 2. The average Bonchev–Trinajstić information content (AvgIpc) is 2.44. The molecule has 1 fully saturated rings. The molecule has 1 aromatic heterocycles. The number of rotatable bonds is 3. The van der Waals surface area contributed by atoms with E-state index in [4.69, 9.17) is 0 Å². The highest BCUT2D eigenvalue weighted by Crippen LogP contribution is 2.38. The Balaban J connectivity index is 2.19. The van der Waals surface area contributed by atoms with Crippen LogP contribution < -0.4 is 0 Å². The molecule has 7 heteroatoms. The molecule has 1 N–H and O–H groups in total. The van der Waals surface area contributed by atoms with E-state index in [0.717, 1.165) is 15.4 Å². The molecule has 0 amide bonds. The minimum atomic E-state index is -3.87. The van der Waals surface area contributed by atoms with Crippen molar-refractivity contribution in [3.8, 4) is 0 Å². The summed E-state index contributed by atoms with van der Waals surface area (Å²) >= 11 is 0. The lowest BCUT2D eigenvalue weighted by atomic mass is 9.90. The van der Waals surface area contributed by atoms with Gasteiger partial charge in [-0.25, -0.2) is 8.42 Å². The number of aromatic nitrogens is 1. The third-order valence-corrected chi connectivity index (χ3v) is 6.42. The van der Waals surface area contributed by atoms with Crippen molar-refractivity contribution in [2.24, 2.45) is 0 Å². The van der Waals surface area contributed by atoms with Crippen molar-refractivity contribution in [2.75, 3.05) is 6.54 Å². The van der Waals surface area contributed by atoms with Crippen molar-refractivity contribution in [1.29, 1.82) is 0 Å². The zero-order valence-corrected chi connectivity index (χ0v) is 13.1. The Morgan fingerprint density at radius 1 is 1.32 bits per heavy atom. The monoisotopic (exact) mass is 320 g/mol. The normalized spacial score (nSPS) is 22.5. The van der Waals surface area contributed by atoms with Gasteiger partial charge < -0.3 is 5.11 Å². The number of aliphatic carboxylic acids is 1. The number of hydrogen-bond donors (Lipinski definition) is 1. The molecule has 116 valence electrons. The molecule has 22 heavy (non-hydrogen) atoms. The molecule has 0 radical (unpaired) electrons. The highest BCUT2D eigenvalue weighted by Gasteiger charge is 2.53. The fourth-order valence-corrected chi connectivity index (χ4v) is 4.78. The Morgan fingerprint density at radius 3 is 2.64 bits per heavy atom. The number of carboxylic acids is 1. The standard InChI is InChI=1S/C15H16N2O4S/c1-10-11-4-3-5-13(12(11)6-8-16-10)22(20,21)17-9-7-15(17,2)14(18)19/h3-6,8H,7,9H2,1-2H3,(H,18,19). The van der Waals surface area contributed by atoms with Crippen LogP contribution in [-0.2, 0) is 14.8 Å². The molecule has 1 atom stereocenters. The molecule has 1 aliphatic rings. The number of fused-ring (bicyclic) bond motifs is 1. The molecule has 3 rings (SSSR count). The van der Waals surface area contributed by atoms with Gasteiger partial charge in [-0.1, -0.05) is 12.1 Å². The first-order valence-electron chi connectivity index (χ1n) is 6.89. The molecular formula is C15H16N2O4S. The second kappa shape index (κ2) is 4.76. The van der Waals surface area contributed by atoms with Crippen LogP contribution in [0, 0.1) is 6.92 Å². The fourth-order valence-electron chi connectivity index (χ4n) is 2.81. The van der Waals surface area contributed by atoms with Crippen LogP contribution in [0.25, 0.3) is 10.8 Å². The zero-order chi connectivity index (χ0) is 16.1. The summed E-state index contributed by atoms with van der Waals surface area (Å²) in [7, 11) is -3.87. The summed E-state index contributed by atoms with van der Waals surface area (Å²) in [5, 5.41) is 10.6. The summed E-state index contributed by atoms with van der Waals surface area (Å²) < 4.78 is 26.9. The minimum Gasteiger partial charge on any atom is -0.480 e. The number of pyridine rings is 1. The maximum atomic E-state index is 12.9. The van der Waals surface area contributed by atoms with E-state index in [2.05, 4.69) is 4.98 Å². The molecule has 0 saturated carbocycles. The van der Waals surface area contributed by atoms with Crippen molar-refractivity contribution in [1.82, 2.24) is 9.29 Å². The predicted molar refractivity (Wildman–Crippen MR) is 81.0 cm³/mol. The summed E-state index contributed by atoms with van der Waals surface area (Å²) in [6, 6.07) is 6.62. The molecule has 1 saturated heterocycles. The van der Waals surface area contributed by atoms with Crippen molar-refractivity contribution >= 4 is 26.8 Å². The Hall–Kier alpha value is -1.99. The van der Waals surface area contributed by atoms with Gasteiger partial charge in [0.1, 0.15) is 5.54 Å². The first-order valence-corrected chi connectivity index (χ1v) is 8.33. The van der Waals surface area contributed by atoms with Crippen LogP contribution in [0.1, 0.15) is 19.0 Å². The number of carbonyl (C=O) groups is 1. The molecule has 1 unspecified atom stereocenters. The third-order valence-electron chi connectivity index (χ3n) is 4.35. The summed E-state index contributed by atoms with van der Waals surface area (Å²) in [4.78, 5) is 15.7. The first kappa shape index (κ1) is 14.9. The van der Waals surface area contributed by atoms with Crippen LogP contribution in [0.5, 0.6) is 0 Å². The second-order valence-corrected chi connectivity index (χ2v) is 7.48. The molecule has 0 spiro atoms. The SMILES string of the molecule is Cc1nccc2c(S(=O)(=O)N3CCC3(C)C(=O)O)cccc12. The van der Waals surface area contributed by atoms with Gasteiger partial charge >= 0.3 is 5.97 Å². The summed E-state index contributed by atoms with van der Waals surface area (Å²) in [5.41, 5.74) is -0.637. The lowest BCUT2D eigenvalue weighted by Gasteiger charge is -2.45. The molecule has 1 aromatic carbocycles. The van der Waals surface area contributed by atoms with Gasteiger partial charge in [0.05, 0.1) is 4.90 Å². The molecule has 2 heterocycles. The number of carboxylic acid groups (broad SMARTS) is 1. The lowest BCUT2D eigenvalue weighted by Crippen LogP contribution is -2.64. The van der Waals surface area contributed by atoms with Gasteiger partial charge in [0.15, 0.2) is 0 Å². The largest absolute Gasteiger partial charge is 0.480 e. The smallest absolute Gasteiger partial charge is 0.324 e. The van der Waals surface area contributed by atoms with Gasteiger partial charge in [0, 0.05) is 29.2 Å². The molecule has 2 aromatic rings. The number of sulfonamides is 1. The van der Waals surface area contributed by atoms with E-state index in [-0.39, 0.29) is 11.4 Å². The minimum absolute atomic E-state index is 0.127. The van der Waals surface area contributed by atoms with Crippen LogP contribution in [0.3, 0.4) is 0 Å². The fraction of sp³-hybridized carbons (Fsp3) is 0.333. The highest BCUT2D eigenvalue weighted by atomic mass is 32.2. The number of hydrogen-bond acceptors (Lipinski definition) is 4. The molecule has 0 aliphatic carbocycles. The Labute approximate surface area is 128 Å². The van der Waals surface area contributed by atoms with E-state index in [1.54, 1.807) is 18.3 Å². The van der Waals surface area contributed by atoms with E-state index in [1.807, 2.05) is 13.0 Å². The summed E-state index contributed by atoms with van der Waals surface area (Å²) in [6.45, 7) is 3.46. The molecular weight excluding hydrogens is 304 g/mol. The maximum absolute atomic E-state index is 12.9. The van der Waals surface area contributed by atoms with Gasteiger partial charge in [-0.2, -0.15) is 4.31 Å². The highest BCUT2D eigenvalue weighted by molar-refractivity contribution is 7.89. The van der Waals surface area contributed by atoms with Gasteiger partial charge in [-0.3, -0.25) is 9.78 Å². The summed E-state index contributed by atoms with van der Waals surface area (Å²) in [5.74, 6) is -1.12. The van der Waals surface area contributed by atoms with Crippen molar-refractivity contribution < 1.29 is 18.3 Å². The predicted octanol–water partition coefficient (Wildman–Crippen LogP) is 1.78. The zero-order valence-electron chi connectivity index (χ0n) is 12.3. The van der Waals surface area contributed by atoms with Gasteiger partial charge in [-0.15, -0.1) is 0 Å². The third kappa shape index (κ3) is 1.93. The number of aryl methyl sites for hydroxylation is 1. The first-order chi connectivity index (χ1) is 10.3. The van der Waals surface area contributed by atoms with Crippen LogP contribution in [0.2, 0.25) is 0 Å². The van der Waals surface area contributed by atoms with E-state index in [0.29, 0.717) is 11.8 Å².